The molecule has 4 nitrogen and oxygen atoms in total. The van der Waals surface area contributed by atoms with Crippen molar-refractivity contribution in [1.29, 1.82) is 0 Å². The molecule has 0 radical (unpaired) electrons. The van der Waals surface area contributed by atoms with Gasteiger partial charge in [-0.2, -0.15) is 0 Å². The zero-order valence-electron chi connectivity index (χ0n) is 6.04. The lowest BCUT2D eigenvalue weighted by Crippen LogP contribution is -2.28. The van der Waals surface area contributed by atoms with Crippen molar-refractivity contribution in [3.05, 3.63) is 0 Å². The monoisotopic (exact) mass is 147 g/mol. The maximum atomic E-state index is 10.0. The van der Waals surface area contributed by atoms with Crippen LogP contribution in [0.2, 0.25) is 0 Å². The molecular weight excluding hydrogens is 134 g/mol. The first kappa shape index (κ1) is 9.39. The molecule has 0 fully saturated rings. The highest BCUT2D eigenvalue weighted by molar-refractivity contribution is 5.67. The molecule has 4 heteroatoms. The second-order valence-electron chi connectivity index (χ2n) is 2.02. The molecule has 10 heavy (non-hydrogen) atoms. The highest BCUT2D eigenvalue weighted by Crippen LogP contribution is 1.88. The molecule has 1 atom stereocenters. The first-order valence-electron chi connectivity index (χ1n) is 3.22. The minimum absolute atomic E-state index is 0.0278. The minimum Gasteiger partial charge on any atom is -0.481 e. The van der Waals surface area contributed by atoms with Crippen molar-refractivity contribution in [3.63, 3.8) is 0 Å². The molecular formula is C6H13NO3. The number of hydrogen-bond donors (Lipinski definition) is 2. The van der Waals surface area contributed by atoms with Crippen LogP contribution in [0.4, 0.5) is 0 Å². The predicted molar refractivity (Wildman–Crippen MR) is 36.7 cm³/mol. The molecule has 60 valence electrons. The van der Waals surface area contributed by atoms with E-state index < -0.39 is 5.97 Å². The summed E-state index contributed by atoms with van der Waals surface area (Å²) in [5.41, 5.74) is 5.35. The van der Waals surface area contributed by atoms with Gasteiger partial charge in [0.1, 0.15) is 0 Å². The van der Waals surface area contributed by atoms with Crippen LogP contribution in [0.5, 0.6) is 0 Å². The lowest BCUT2D eigenvalue weighted by atomic mass is 10.2. The fourth-order valence-corrected chi connectivity index (χ4v) is 0.552. The predicted octanol–water partition coefficient (Wildman–Crippen LogP) is -0.175. The summed E-state index contributed by atoms with van der Waals surface area (Å²) in [7, 11) is 0. The first-order valence-corrected chi connectivity index (χ1v) is 3.22. The molecule has 0 rings (SSSR count). The van der Waals surface area contributed by atoms with Gasteiger partial charge >= 0.3 is 5.97 Å². The van der Waals surface area contributed by atoms with Crippen molar-refractivity contribution in [3.8, 4) is 0 Å². The first-order chi connectivity index (χ1) is 4.66. The summed E-state index contributed by atoms with van der Waals surface area (Å²) in [6.45, 7) is 2.74. The van der Waals surface area contributed by atoms with Crippen LogP contribution in [0.1, 0.15) is 13.3 Å². The van der Waals surface area contributed by atoms with Gasteiger partial charge in [0, 0.05) is 12.6 Å². The number of ether oxygens (including phenoxy) is 1. The fourth-order valence-electron chi connectivity index (χ4n) is 0.552. The number of aliphatic carboxylic acids is 1. The molecule has 1 unspecified atom stereocenters. The van der Waals surface area contributed by atoms with Crippen molar-refractivity contribution in [2.24, 2.45) is 5.73 Å². The number of rotatable bonds is 5. The Bertz CT molecular complexity index is 105. The van der Waals surface area contributed by atoms with Crippen LogP contribution in [-0.4, -0.2) is 30.3 Å². The van der Waals surface area contributed by atoms with Crippen molar-refractivity contribution in [1.82, 2.24) is 0 Å². The van der Waals surface area contributed by atoms with E-state index in [1.165, 1.54) is 0 Å². The van der Waals surface area contributed by atoms with Gasteiger partial charge in [-0.15, -0.1) is 0 Å². The quantitative estimate of drug-likeness (QED) is 0.566. The van der Waals surface area contributed by atoms with Crippen LogP contribution in [0.3, 0.4) is 0 Å². The summed E-state index contributed by atoms with van der Waals surface area (Å²) < 4.78 is 4.91. The average molecular weight is 147 g/mol. The molecule has 3 N–H and O–H groups in total. The molecule has 0 spiro atoms. The Balaban J connectivity index is 3.25. The standard InChI is InChI=1S/C6H13NO3/c1-2-10-4-5(7)3-6(8)9/h5H,2-4,7H2,1H3,(H,8,9). The van der Waals surface area contributed by atoms with E-state index in [1.54, 1.807) is 0 Å². The smallest absolute Gasteiger partial charge is 0.305 e. The van der Waals surface area contributed by atoms with E-state index in [0.29, 0.717) is 13.2 Å². The number of hydrogen-bond acceptors (Lipinski definition) is 3. The Morgan fingerprint density at radius 3 is 2.80 bits per heavy atom. The third-order valence-corrected chi connectivity index (χ3v) is 0.973. The van der Waals surface area contributed by atoms with Gasteiger partial charge in [0.05, 0.1) is 13.0 Å². The molecule has 0 aliphatic carbocycles. The Labute approximate surface area is 60.0 Å². The van der Waals surface area contributed by atoms with Gasteiger partial charge in [-0.3, -0.25) is 4.79 Å². The second kappa shape index (κ2) is 5.20. The van der Waals surface area contributed by atoms with Gasteiger partial charge in [0.2, 0.25) is 0 Å². The van der Waals surface area contributed by atoms with E-state index in [0.717, 1.165) is 0 Å². The normalized spacial score (nSPS) is 13.0. The van der Waals surface area contributed by atoms with Gasteiger partial charge in [0.15, 0.2) is 0 Å². The highest BCUT2D eigenvalue weighted by atomic mass is 16.5. The number of carboxylic acid groups (broad SMARTS) is 1. The fraction of sp³-hybridized carbons (Fsp3) is 0.833. The van der Waals surface area contributed by atoms with Gasteiger partial charge < -0.3 is 15.6 Å². The maximum Gasteiger partial charge on any atom is 0.305 e. The minimum atomic E-state index is -0.882. The van der Waals surface area contributed by atoms with Crippen molar-refractivity contribution in [2.75, 3.05) is 13.2 Å². The highest BCUT2D eigenvalue weighted by Gasteiger charge is 2.06. The second-order valence-corrected chi connectivity index (χ2v) is 2.02. The summed E-state index contributed by atoms with van der Waals surface area (Å²) >= 11 is 0. The third-order valence-electron chi connectivity index (χ3n) is 0.973. The zero-order chi connectivity index (χ0) is 7.98. The molecule has 0 saturated carbocycles. The largest absolute Gasteiger partial charge is 0.481 e. The SMILES string of the molecule is CCOCC(N)CC(=O)O. The molecule has 0 bridgehead atoms. The van der Waals surface area contributed by atoms with Crippen LogP contribution >= 0.6 is 0 Å². The van der Waals surface area contributed by atoms with E-state index in [1.807, 2.05) is 6.92 Å². The summed E-state index contributed by atoms with van der Waals surface area (Å²) in [5.74, 6) is -0.882. The van der Waals surface area contributed by atoms with Crippen LogP contribution in [0.25, 0.3) is 0 Å². The number of nitrogens with two attached hydrogens (primary N) is 1. The molecule has 0 saturated heterocycles. The average Bonchev–Trinajstić information content (AvgIpc) is 1.82. The van der Waals surface area contributed by atoms with Crippen molar-refractivity contribution in [2.45, 2.75) is 19.4 Å². The van der Waals surface area contributed by atoms with Gasteiger partial charge in [0.25, 0.3) is 0 Å². The summed E-state index contributed by atoms with van der Waals surface area (Å²) in [5, 5.41) is 8.25. The Morgan fingerprint density at radius 2 is 2.40 bits per heavy atom. The molecule has 0 aromatic heterocycles. The van der Waals surface area contributed by atoms with E-state index in [9.17, 15) is 4.79 Å². The topological polar surface area (TPSA) is 72.5 Å². The molecule has 0 heterocycles. The van der Waals surface area contributed by atoms with E-state index >= 15 is 0 Å². The van der Waals surface area contributed by atoms with Crippen LogP contribution in [-0.2, 0) is 9.53 Å². The summed E-state index contributed by atoms with van der Waals surface area (Å²) in [4.78, 5) is 10.0. The van der Waals surface area contributed by atoms with Gasteiger partial charge in [-0.05, 0) is 6.92 Å². The Morgan fingerprint density at radius 1 is 1.80 bits per heavy atom. The lowest BCUT2D eigenvalue weighted by molar-refractivity contribution is -0.137. The van der Waals surface area contributed by atoms with Crippen molar-refractivity contribution >= 4 is 5.97 Å². The zero-order valence-corrected chi connectivity index (χ0v) is 6.04. The molecule has 0 aromatic carbocycles. The lowest BCUT2D eigenvalue weighted by Gasteiger charge is -2.07. The number of carboxylic acids is 1. The Kier molecular flexibility index (Phi) is 4.88. The van der Waals surface area contributed by atoms with Crippen LogP contribution in [0, 0.1) is 0 Å². The molecule has 0 aliphatic rings. The van der Waals surface area contributed by atoms with Crippen LogP contribution in [0.15, 0.2) is 0 Å². The molecule has 0 amide bonds. The van der Waals surface area contributed by atoms with E-state index in [-0.39, 0.29) is 12.5 Å². The summed E-state index contributed by atoms with van der Waals surface area (Å²) in [6.07, 6.45) is -0.0278. The van der Waals surface area contributed by atoms with Gasteiger partial charge in [-0.25, -0.2) is 0 Å². The van der Waals surface area contributed by atoms with E-state index in [2.05, 4.69) is 0 Å². The maximum absolute atomic E-state index is 10.0. The molecule has 0 aromatic rings. The van der Waals surface area contributed by atoms with E-state index in [4.69, 9.17) is 15.6 Å². The molecule has 0 aliphatic heterocycles. The number of carbonyl (C=O) groups is 1. The van der Waals surface area contributed by atoms with Crippen LogP contribution < -0.4 is 5.73 Å². The Hall–Kier alpha value is -0.610. The third kappa shape index (κ3) is 5.53. The van der Waals surface area contributed by atoms with Crippen molar-refractivity contribution < 1.29 is 14.6 Å². The summed E-state index contributed by atoms with van der Waals surface area (Å²) in [6, 6.07) is -0.377. The van der Waals surface area contributed by atoms with Gasteiger partial charge in [-0.1, -0.05) is 0 Å².